The minimum atomic E-state index is -0.927. The number of carboxylic acid groups (broad SMARTS) is 1. The quantitative estimate of drug-likeness (QED) is 0.880. The lowest BCUT2D eigenvalue weighted by Crippen LogP contribution is -2.45. The molecule has 1 aromatic carbocycles. The van der Waals surface area contributed by atoms with Crippen molar-refractivity contribution in [1.29, 1.82) is 0 Å². The average Bonchev–Trinajstić information content (AvgIpc) is 3.18. The zero-order valence-corrected chi connectivity index (χ0v) is 14.3. The molecule has 2 aliphatic heterocycles. The van der Waals surface area contributed by atoms with E-state index in [9.17, 15) is 9.90 Å². The normalized spacial score (nSPS) is 25.1. The number of carboxylic acids is 1. The van der Waals surface area contributed by atoms with Gasteiger partial charge in [-0.3, -0.25) is 9.69 Å². The Bertz CT molecular complexity index is 818. The lowest BCUT2D eigenvalue weighted by atomic mass is 9.73. The van der Waals surface area contributed by atoms with E-state index in [0.29, 0.717) is 25.4 Å². The summed E-state index contributed by atoms with van der Waals surface area (Å²) in [6.45, 7) is 3.83. The van der Waals surface area contributed by atoms with Crippen LogP contribution in [0.3, 0.4) is 0 Å². The first-order valence-corrected chi connectivity index (χ1v) is 8.29. The third kappa shape index (κ3) is 2.55. The molecule has 0 aliphatic carbocycles. The third-order valence-corrected chi connectivity index (χ3v) is 5.25. The highest BCUT2D eigenvalue weighted by molar-refractivity contribution is 5.78. The summed E-state index contributed by atoms with van der Waals surface area (Å²) in [4.78, 5) is 21.8. The SMILES string of the molecule is COc1ccc2c(c1)OC[C@]1(C(=O)O)CN(Cc3ncc(C)[nH]3)C[C@H]21. The molecule has 2 aliphatic rings. The molecule has 0 radical (unpaired) electrons. The first-order chi connectivity index (χ1) is 12.0. The first-order valence-electron chi connectivity index (χ1n) is 8.29. The van der Waals surface area contributed by atoms with Crippen molar-refractivity contribution in [3.05, 3.63) is 41.5 Å². The van der Waals surface area contributed by atoms with Gasteiger partial charge in [0.1, 0.15) is 29.3 Å². The van der Waals surface area contributed by atoms with Crippen molar-refractivity contribution in [2.24, 2.45) is 5.41 Å². The van der Waals surface area contributed by atoms with Crippen molar-refractivity contribution in [3.8, 4) is 11.5 Å². The van der Waals surface area contributed by atoms with Crippen LogP contribution in [0.2, 0.25) is 0 Å². The lowest BCUT2D eigenvalue weighted by Gasteiger charge is -2.36. The van der Waals surface area contributed by atoms with Crippen molar-refractivity contribution in [3.63, 3.8) is 0 Å². The number of aryl methyl sites for hydroxylation is 1. The van der Waals surface area contributed by atoms with Gasteiger partial charge in [-0.1, -0.05) is 6.07 Å². The molecule has 3 heterocycles. The zero-order chi connectivity index (χ0) is 17.6. The molecule has 132 valence electrons. The molecule has 2 aromatic rings. The van der Waals surface area contributed by atoms with Crippen molar-refractivity contribution in [2.75, 3.05) is 26.8 Å². The minimum absolute atomic E-state index is 0.115. The minimum Gasteiger partial charge on any atom is -0.497 e. The number of nitrogens with one attached hydrogen (secondary N) is 1. The summed E-state index contributed by atoms with van der Waals surface area (Å²) in [5.74, 6) is 1.36. The highest BCUT2D eigenvalue weighted by Crippen LogP contribution is 2.50. The number of nitrogens with zero attached hydrogens (tertiary/aromatic N) is 2. The molecule has 25 heavy (non-hydrogen) atoms. The molecule has 2 N–H and O–H groups in total. The highest BCUT2D eigenvalue weighted by atomic mass is 16.5. The van der Waals surface area contributed by atoms with Crippen LogP contribution in [0, 0.1) is 12.3 Å². The molecule has 2 atom stereocenters. The summed E-state index contributed by atoms with van der Waals surface area (Å²) in [5, 5.41) is 9.96. The molecular weight excluding hydrogens is 322 g/mol. The Morgan fingerprint density at radius 1 is 1.56 bits per heavy atom. The predicted molar refractivity (Wildman–Crippen MR) is 89.9 cm³/mol. The summed E-state index contributed by atoms with van der Waals surface area (Å²) < 4.78 is 11.1. The van der Waals surface area contributed by atoms with E-state index in [0.717, 1.165) is 22.8 Å². The topological polar surface area (TPSA) is 87.7 Å². The number of hydrogen-bond donors (Lipinski definition) is 2. The second-order valence-corrected chi connectivity index (χ2v) is 6.89. The molecule has 0 spiro atoms. The van der Waals surface area contributed by atoms with Crippen LogP contribution in [0.4, 0.5) is 0 Å². The molecule has 1 saturated heterocycles. The number of benzene rings is 1. The van der Waals surface area contributed by atoms with Crippen LogP contribution in [0.25, 0.3) is 0 Å². The van der Waals surface area contributed by atoms with E-state index < -0.39 is 11.4 Å². The van der Waals surface area contributed by atoms with Gasteiger partial charge in [0.15, 0.2) is 0 Å². The number of rotatable bonds is 4. The Morgan fingerprint density at radius 2 is 2.40 bits per heavy atom. The Labute approximate surface area is 145 Å². The van der Waals surface area contributed by atoms with Crippen LogP contribution in [-0.2, 0) is 11.3 Å². The van der Waals surface area contributed by atoms with E-state index in [2.05, 4.69) is 14.9 Å². The number of hydrogen-bond acceptors (Lipinski definition) is 5. The van der Waals surface area contributed by atoms with Gasteiger partial charge in [-0.05, 0) is 13.0 Å². The van der Waals surface area contributed by atoms with Crippen LogP contribution in [0.1, 0.15) is 23.0 Å². The van der Waals surface area contributed by atoms with E-state index in [1.807, 2.05) is 25.1 Å². The summed E-state index contributed by atoms with van der Waals surface area (Å²) in [5.41, 5.74) is 1.01. The van der Waals surface area contributed by atoms with Gasteiger partial charge in [-0.15, -0.1) is 0 Å². The molecular formula is C18H21N3O4. The number of aliphatic carboxylic acids is 1. The van der Waals surface area contributed by atoms with E-state index in [1.54, 1.807) is 13.3 Å². The average molecular weight is 343 g/mol. The number of imidazole rings is 1. The fourth-order valence-electron chi connectivity index (χ4n) is 3.97. The maximum absolute atomic E-state index is 12.1. The van der Waals surface area contributed by atoms with E-state index in [-0.39, 0.29) is 12.5 Å². The van der Waals surface area contributed by atoms with Crippen LogP contribution < -0.4 is 9.47 Å². The summed E-state index contributed by atoms with van der Waals surface area (Å²) in [6.07, 6.45) is 1.79. The standard InChI is InChI=1S/C18H21N3O4/c1-11-6-19-16(20-11)8-21-7-14-13-4-3-12(24-2)5-15(13)25-10-18(14,9-21)17(22)23/h3-6,14H,7-10H2,1-2H3,(H,19,20)(H,22,23)/t14-,18-/m1/s1. The van der Waals surface area contributed by atoms with E-state index >= 15 is 0 Å². The van der Waals surface area contributed by atoms with Gasteiger partial charge in [0.05, 0.1) is 13.7 Å². The Balaban J connectivity index is 1.66. The molecule has 4 rings (SSSR count). The second-order valence-electron chi connectivity index (χ2n) is 6.89. The first kappa shape index (κ1) is 16.0. The van der Waals surface area contributed by atoms with Crippen molar-refractivity contribution >= 4 is 5.97 Å². The maximum Gasteiger partial charge on any atom is 0.315 e. The molecule has 0 bridgehead atoms. The number of methoxy groups -OCH3 is 1. The van der Waals surface area contributed by atoms with Gasteiger partial charge in [-0.2, -0.15) is 0 Å². The Hall–Kier alpha value is -2.54. The largest absolute Gasteiger partial charge is 0.497 e. The van der Waals surface area contributed by atoms with Crippen molar-refractivity contribution in [2.45, 2.75) is 19.4 Å². The molecule has 0 unspecified atom stereocenters. The molecule has 1 aromatic heterocycles. The van der Waals surface area contributed by atoms with E-state index in [1.165, 1.54) is 0 Å². The number of aromatic amines is 1. The third-order valence-electron chi connectivity index (χ3n) is 5.25. The van der Waals surface area contributed by atoms with Gasteiger partial charge in [0, 0.05) is 42.5 Å². The highest BCUT2D eigenvalue weighted by Gasteiger charge is 2.56. The summed E-state index contributed by atoms with van der Waals surface area (Å²) >= 11 is 0. The molecule has 7 heteroatoms. The van der Waals surface area contributed by atoms with Gasteiger partial charge in [0.2, 0.25) is 0 Å². The lowest BCUT2D eigenvalue weighted by molar-refractivity contribution is -0.151. The van der Waals surface area contributed by atoms with Crippen LogP contribution in [0.15, 0.2) is 24.4 Å². The summed E-state index contributed by atoms with van der Waals surface area (Å²) in [6, 6.07) is 5.62. The van der Waals surface area contributed by atoms with Gasteiger partial charge in [0.25, 0.3) is 0 Å². The number of ether oxygens (including phenoxy) is 2. The maximum atomic E-state index is 12.1. The van der Waals surface area contributed by atoms with Gasteiger partial charge < -0.3 is 19.6 Å². The molecule has 7 nitrogen and oxygen atoms in total. The smallest absolute Gasteiger partial charge is 0.315 e. The number of likely N-dealkylation sites (tertiary alicyclic amines) is 1. The Kier molecular flexibility index (Phi) is 3.68. The number of carbonyl (C=O) groups is 1. The van der Waals surface area contributed by atoms with E-state index in [4.69, 9.17) is 9.47 Å². The second kappa shape index (κ2) is 5.77. The number of fused-ring (bicyclic) bond motifs is 3. The van der Waals surface area contributed by atoms with Gasteiger partial charge in [-0.25, -0.2) is 4.98 Å². The fraction of sp³-hybridized carbons (Fsp3) is 0.444. The monoisotopic (exact) mass is 343 g/mol. The summed E-state index contributed by atoms with van der Waals surface area (Å²) in [7, 11) is 1.61. The van der Waals surface area contributed by atoms with Crippen molar-refractivity contribution < 1.29 is 19.4 Å². The molecule has 0 saturated carbocycles. The van der Waals surface area contributed by atoms with Crippen LogP contribution in [-0.4, -0.2) is 52.7 Å². The zero-order valence-electron chi connectivity index (χ0n) is 14.3. The van der Waals surface area contributed by atoms with Crippen LogP contribution in [0.5, 0.6) is 11.5 Å². The Morgan fingerprint density at radius 3 is 3.08 bits per heavy atom. The van der Waals surface area contributed by atoms with Gasteiger partial charge >= 0.3 is 5.97 Å². The van der Waals surface area contributed by atoms with Crippen molar-refractivity contribution in [1.82, 2.24) is 14.9 Å². The molecule has 1 fully saturated rings. The fourth-order valence-corrected chi connectivity index (χ4v) is 3.97. The molecule has 0 amide bonds. The number of H-pyrrole nitrogens is 1. The van der Waals surface area contributed by atoms with Crippen LogP contribution >= 0.6 is 0 Å². The number of aromatic nitrogens is 2. The predicted octanol–water partition coefficient (Wildman–Crippen LogP) is 1.79.